The molecule has 0 spiro atoms. The van der Waals surface area contributed by atoms with Crippen LogP contribution in [-0.4, -0.2) is 24.7 Å². The molecule has 2 aromatic rings. The first-order chi connectivity index (χ1) is 9.02. The fraction of sp³-hybridized carbons (Fsp3) is 0.222. The van der Waals surface area contributed by atoms with E-state index >= 15 is 0 Å². The second kappa shape index (κ2) is 4.86. The van der Waals surface area contributed by atoms with Crippen LogP contribution < -0.4 is 16.0 Å². The van der Waals surface area contributed by atoms with Crippen LogP contribution in [0.15, 0.2) is 12.4 Å². The number of hydrogen-bond acceptors (Lipinski definition) is 8. The summed E-state index contributed by atoms with van der Waals surface area (Å²) in [4.78, 5) is 17.7. The van der Waals surface area contributed by atoms with Gasteiger partial charge in [0.25, 0.3) is 0 Å². The van der Waals surface area contributed by atoms with Crippen LogP contribution in [0.25, 0.3) is 0 Å². The molecule has 100 valence electrons. The number of nitro groups is 1. The summed E-state index contributed by atoms with van der Waals surface area (Å²) in [5, 5.41) is 15.1. The highest BCUT2D eigenvalue weighted by molar-refractivity contribution is 5.60. The Kier molecular flexibility index (Phi) is 3.25. The molecule has 2 rings (SSSR count). The fourth-order valence-corrected chi connectivity index (χ4v) is 1.49. The number of nitrogens with one attached hydrogen (secondary N) is 1. The van der Waals surface area contributed by atoms with Crippen molar-refractivity contribution in [1.29, 1.82) is 0 Å². The number of nitrogens with two attached hydrogens (primary N) is 1. The van der Waals surface area contributed by atoms with E-state index in [-0.39, 0.29) is 11.7 Å². The van der Waals surface area contributed by atoms with Crippen molar-refractivity contribution in [3.63, 3.8) is 0 Å². The average molecular weight is 265 g/mol. The van der Waals surface area contributed by atoms with E-state index in [2.05, 4.69) is 20.5 Å². The first-order valence-electron chi connectivity index (χ1n) is 5.17. The molecule has 0 bridgehead atoms. The Morgan fingerprint density at radius 1 is 1.53 bits per heavy atom. The van der Waals surface area contributed by atoms with Gasteiger partial charge in [0.05, 0.1) is 10.6 Å². The molecular weight excluding hydrogens is 254 g/mol. The van der Waals surface area contributed by atoms with Crippen LogP contribution in [-0.2, 0) is 7.05 Å². The number of rotatable bonds is 4. The van der Waals surface area contributed by atoms with Crippen molar-refractivity contribution in [2.75, 3.05) is 5.43 Å². The maximum absolute atomic E-state index is 11.0. The van der Waals surface area contributed by atoms with Gasteiger partial charge in [-0.2, -0.15) is 10.1 Å². The van der Waals surface area contributed by atoms with Gasteiger partial charge in [-0.1, -0.05) is 0 Å². The van der Waals surface area contributed by atoms with E-state index in [0.717, 1.165) is 6.33 Å². The first kappa shape index (κ1) is 12.7. The van der Waals surface area contributed by atoms with Crippen LogP contribution in [0.5, 0.6) is 11.8 Å². The summed E-state index contributed by atoms with van der Waals surface area (Å²) >= 11 is 0. The number of anilines is 1. The summed E-state index contributed by atoms with van der Waals surface area (Å²) < 4.78 is 6.82. The summed E-state index contributed by atoms with van der Waals surface area (Å²) in [6.45, 7) is 1.77. The molecule has 0 aliphatic rings. The fourth-order valence-electron chi connectivity index (χ4n) is 1.49. The number of aryl methyl sites for hydroxylation is 2. The third kappa shape index (κ3) is 2.42. The Hall–Kier alpha value is -2.75. The molecule has 0 saturated heterocycles. The molecule has 0 aromatic carbocycles. The highest BCUT2D eigenvalue weighted by atomic mass is 16.6. The van der Waals surface area contributed by atoms with Crippen molar-refractivity contribution in [3.8, 4) is 11.8 Å². The minimum Gasteiger partial charge on any atom is -0.415 e. The van der Waals surface area contributed by atoms with Gasteiger partial charge in [0.2, 0.25) is 11.7 Å². The molecule has 0 atom stereocenters. The number of aromatic nitrogens is 4. The zero-order chi connectivity index (χ0) is 14.0. The van der Waals surface area contributed by atoms with Crippen LogP contribution in [0.1, 0.15) is 5.69 Å². The number of ether oxygens (including phenoxy) is 1. The minimum absolute atomic E-state index is 0.131. The molecule has 19 heavy (non-hydrogen) atoms. The Labute approximate surface area is 107 Å². The molecule has 0 aliphatic carbocycles. The second-order valence-electron chi connectivity index (χ2n) is 3.63. The number of hydrazine groups is 1. The molecule has 0 fully saturated rings. The summed E-state index contributed by atoms with van der Waals surface area (Å²) in [7, 11) is 1.65. The normalized spacial score (nSPS) is 10.3. The molecule has 0 unspecified atom stereocenters. The summed E-state index contributed by atoms with van der Waals surface area (Å²) in [6, 6.07) is 1.63. The molecule has 3 N–H and O–H groups in total. The smallest absolute Gasteiger partial charge is 0.374 e. The zero-order valence-electron chi connectivity index (χ0n) is 10.2. The number of hydrogen-bond donors (Lipinski definition) is 2. The third-order valence-electron chi connectivity index (χ3n) is 2.27. The molecule has 10 nitrogen and oxygen atoms in total. The van der Waals surface area contributed by atoms with Gasteiger partial charge in [0, 0.05) is 13.1 Å². The monoisotopic (exact) mass is 265 g/mol. The molecule has 2 heterocycles. The van der Waals surface area contributed by atoms with E-state index in [4.69, 9.17) is 10.6 Å². The standard InChI is InChI=1S/C9H11N7O3/c1-5-3-6(15(2)14-5)19-9-7(16(17)18)8(13-10)11-4-12-9/h3-4H,10H2,1-2H3,(H,11,12,13). The largest absolute Gasteiger partial charge is 0.415 e. The summed E-state index contributed by atoms with van der Waals surface area (Å²) in [5.74, 6) is 5.15. The van der Waals surface area contributed by atoms with Crippen molar-refractivity contribution < 1.29 is 9.66 Å². The molecule has 0 radical (unpaired) electrons. The van der Waals surface area contributed by atoms with Gasteiger partial charge in [-0.05, 0) is 6.92 Å². The Balaban J connectivity index is 2.45. The minimum atomic E-state index is -0.673. The predicted molar refractivity (Wildman–Crippen MR) is 64.5 cm³/mol. The second-order valence-corrected chi connectivity index (χ2v) is 3.63. The van der Waals surface area contributed by atoms with Crippen LogP contribution in [0.3, 0.4) is 0 Å². The lowest BCUT2D eigenvalue weighted by Gasteiger charge is -2.06. The zero-order valence-corrected chi connectivity index (χ0v) is 10.2. The van der Waals surface area contributed by atoms with Crippen LogP contribution in [0.4, 0.5) is 11.5 Å². The van der Waals surface area contributed by atoms with Crippen LogP contribution in [0, 0.1) is 17.0 Å². The van der Waals surface area contributed by atoms with Crippen molar-refractivity contribution in [2.45, 2.75) is 6.92 Å². The van der Waals surface area contributed by atoms with Crippen molar-refractivity contribution in [2.24, 2.45) is 12.9 Å². The van der Waals surface area contributed by atoms with Crippen molar-refractivity contribution >= 4 is 11.5 Å². The topological polar surface area (TPSA) is 134 Å². The van der Waals surface area contributed by atoms with Gasteiger partial charge in [-0.25, -0.2) is 15.5 Å². The maximum atomic E-state index is 11.0. The predicted octanol–water partition coefficient (Wildman–Crippen LogP) is 0.505. The lowest BCUT2D eigenvalue weighted by Crippen LogP contribution is -2.12. The average Bonchev–Trinajstić information content (AvgIpc) is 2.67. The van der Waals surface area contributed by atoms with E-state index in [1.807, 2.05) is 0 Å². The molecule has 0 saturated carbocycles. The quantitative estimate of drug-likeness (QED) is 0.463. The van der Waals surface area contributed by atoms with E-state index in [9.17, 15) is 10.1 Å². The van der Waals surface area contributed by atoms with E-state index < -0.39 is 10.6 Å². The van der Waals surface area contributed by atoms with Gasteiger partial charge in [-0.15, -0.1) is 0 Å². The van der Waals surface area contributed by atoms with Gasteiger partial charge in [0.15, 0.2) is 0 Å². The van der Waals surface area contributed by atoms with Crippen LogP contribution >= 0.6 is 0 Å². The Bertz CT molecular complexity index is 624. The lowest BCUT2D eigenvalue weighted by molar-refractivity contribution is -0.385. The summed E-state index contributed by atoms with van der Waals surface area (Å²) in [5.41, 5.74) is 2.40. The maximum Gasteiger partial charge on any atom is 0.374 e. The Morgan fingerprint density at radius 3 is 2.79 bits per heavy atom. The first-order valence-corrected chi connectivity index (χ1v) is 5.17. The summed E-state index contributed by atoms with van der Waals surface area (Å²) in [6.07, 6.45) is 1.11. The van der Waals surface area contributed by atoms with Gasteiger partial charge in [0.1, 0.15) is 6.33 Å². The van der Waals surface area contributed by atoms with Crippen LogP contribution in [0.2, 0.25) is 0 Å². The van der Waals surface area contributed by atoms with E-state index in [0.29, 0.717) is 11.6 Å². The van der Waals surface area contributed by atoms with E-state index in [1.165, 1.54) is 4.68 Å². The van der Waals surface area contributed by atoms with Gasteiger partial charge >= 0.3 is 11.6 Å². The number of nitrogens with zero attached hydrogens (tertiary/aromatic N) is 5. The highest BCUT2D eigenvalue weighted by Gasteiger charge is 2.25. The molecule has 2 aromatic heterocycles. The Morgan fingerprint density at radius 2 is 2.26 bits per heavy atom. The highest BCUT2D eigenvalue weighted by Crippen LogP contribution is 2.33. The molecule has 0 aliphatic heterocycles. The molecule has 0 amide bonds. The third-order valence-corrected chi connectivity index (χ3v) is 2.27. The molecular formula is C9H11N7O3. The van der Waals surface area contributed by atoms with Crippen molar-refractivity contribution in [3.05, 3.63) is 28.2 Å². The number of nitrogen functional groups attached to an aromatic ring is 1. The lowest BCUT2D eigenvalue weighted by atomic mass is 10.4. The van der Waals surface area contributed by atoms with Gasteiger partial charge < -0.3 is 10.2 Å². The van der Waals surface area contributed by atoms with E-state index in [1.54, 1.807) is 20.0 Å². The van der Waals surface area contributed by atoms with Gasteiger partial charge in [-0.3, -0.25) is 10.1 Å². The molecule has 10 heteroatoms. The van der Waals surface area contributed by atoms with Crippen molar-refractivity contribution in [1.82, 2.24) is 19.7 Å². The SMILES string of the molecule is Cc1cc(Oc2ncnc(NN)c2[N+](=O)[O-])n(C)n1.